The molecule has 7 nitrogen and oxygen atoms in total. The zero-order chi connectivity index (χ0) is 21.5. The smallest absolute Gasteiger partial charge is 0.253 e. The number of anilines is 2. The minimum Gasteiger partial charge on any atom is -0.493 e. The van der Waals surface area contributed by atoms with Gasteiger partial charge in [-0.05, 0) is 62.8 Å². The Balaban J connectivity index is 0.00000245. The summed E-state index contributed by atoms with van der Waals surface area (Å²) in [5.74, 6) is 2.59. The first-order valence-electron chi connectivity index (χ1n) is 11.3. The fourth-order valence-electron chi connectivity index (χ4n) is 5.62. The van der Waals surface area contributed by atoms with Gasteiger partial charge in [0.05, 0.1) is 18.2 Å². The molecule has 8 heteroatoms. The number of fused-ring (bicyclic) bond motifs is 3. The molecule has 1 saturated heterocycles. The third kappa shape index (κ3) is 4.10. The molecule has 2 aliphatic heterocycles. The number of nitrogen functional groups attached to an aromatic ring is 1. The van der Waals surface area contributed by atoms with Crippen molar-refractivity contribution in [3.63, 3.8) is 0 Å². The molecule has 0 aromatic heterocycles. The lowest BCUT2D eigenvalue weighted by Gasteiger charge is -2.31. The Bertz CT molecular complexity index is 1100. The molecule has 2 atom stereocenters. The lowest BCUT2D eigenvalue weighted by Crippen LogP contribution is -2.40. The maximum Gasteiger partial charge on any atom is 0.253 e. The number of nitrogens with two attached hydrogens (primary N) is 1. The van der Waals surface area contributed by atoms with Gasteiger partial charge in [-0.2, -0.15) is 5.26 Å². The van der Waals surface area contributed by atoms with Gasteiger partial charge in [-0.25, -0.2) is 0 Å². The Morgan fingerprint density at radius 1 is 1.16 bits per heavy atom. The topological polar surface area (TPSA) is 108 Å². The van der Waals surface area contributed by atoms with Crippen LogP contribution in [-0.2, 0) is 0 Å². The summed E-state index contributed by atoms with van der Waals surface area (Å²) in [5, 5.41) is 12.4. The zero-order valence-corrected chi connectivity index (χ0v) is 18.8. The molecule has 1 aliphatic carbocycles. The molecule has 0 unspecified atom stereocenters. The van der Waals surface area contributed by atoms with Crippen LogP contribution in [0, 0.1) is 23.2 Å². The fraction of sp³-hybridized carbons (Fsp3) is 0.542. The van der Waals surface area contributed by atoms with Crippen molar-refractivity contribution in [2.24, 2.45) is 11.8 Å². The normalized spacial score (nSPS) is 27.0. The van der Waals surface area contributed by atoms with E-state index >= 15 is 0 Å². The number of rotatable bonds is 5. The lowest BCUT2D eigenvalue weighted by atomic mass is 9.84. The van der Waals surface area contributed by atoms with E-state index in [1.165, 1.54) is 12.0 Å². The van der Waals surface area contributed by atoms with E-state index in [1.807, 2.05) is 18.2 Å². The van der Waals surface area contributed by atoms with E-state index < -0.39 is 10.9 Å². The largest absolute Gasteiger partial charge is 0.493 e. The van der Waals surface area contributed by atoms with Gasteiger partial charge in [-0.3, -0.25) is 9.59 Å². The monoisotopic (exact) mass is 456 g/mol. The number of benzene rings is 1. The van der Waals surface area contributed by atoms with Crippen molar-refractivity contribution in [3.8, 4) is 11.8 Å². The molecule has 2 fully saturated rings. The van der Waals surface area contributed by atoms with Crippen molar-refractivity contribution >= 4 is 23.8 Å². The molecule has 170 valence electrons. The summed E-state index contributed by atoms with van der Waals surface area (Å²) in [7, 11) is 0. The number of hydrogen-bond acceptors (Lipinski definition) is 7. The van der Waals surface area contributed by atoms with Crippen LogP contribution in [-0.4, -0.2) is 37.2 Å². The number of hydrogen-bond donors (Lipinski definition) is 2. The van der Waals surface area contributed by atoms with Crippen LogP contribution in [0.2, 0.25) is 0 Å². The molecule has 2 aromatic carbocycles. The molecule has 3 aliphatic rings. The van der Waals surface area contributed by atoms with Gasteiger partial charge in [-0.1, -0.05) is 0 Å². The number of ether oxygens (including phenoxy) is 1. The summed E-state index contributed by atoms with van der Waals surface area (Å²) < 4.78 is 5.96. The Hall–Kier alpha value is -2.56. The summed E-state index contributed by atoms with van der Waals surface area (Å²) in [6.45, 7) is 3.95. The van der Waals surface area contributed by atoms with Crippen molar-refractivity contribution < 1.29 is 4.74 Å². The SMILES string of the molecule is Cl.N#Cc1ccc2c(c1)[C@@H]1CN(CCC3CCC(Nc4c(N)c(=O)c4=O)CC3)C[C@H]1CO2. The highest BCUT2D eigenvalue weighted by Gasteiger charge is 2.39. The highest BCUT2D eigenvalue weighted by molar-refractivity contribution is 5.85. The summed E-state index contributed by atoms with van der Waals surface area (Å²) in [5.41, 5.74) is 6.93. The highest BCUT2D eigenvalue weighted by Crippen LogP contribution is 2.42. The Labute approximate surface area is 193 Å². The molecule has 0 spiro atoms. The van der Waals surface area contributed by atoms with Gasteiger partial charge in [-0.15, -0.1) is 12.4 Å². The molecule has 5 rings (SSSR count). The van der Waals surface area contributed by atoms with Gasteiger partial charge in [0, 0.05) is 36.5 Å². The third-order valence-corrected chi connectivity index (χ3v) is 7.50. The van der Waals surface area contributed by atoms with Gasteiger partial charge in [0.2, 0.25) is 0 Å². The second kappa shape index (κ2) is 9.13. The van der Waals surface area contributed by atoms with Crippen molar-refractivity contribution in [3.05, 3.63) is 49.8 Å². The number of likely N-dealkylation sites (tertiary alicyclic amines) is 1. The van der Waals surface area contributed by atoms with Crippen LogP contribution in [0.15, 0.2) is 27.8 Å². The Morgan fingerprint density at radius 2 is 1.94 bits per heavy atom. The summed E-state index contributed by atoms with van der Waals surface area (Å²) in [4.78, 5) is 25.4. The maximum absolute atomic E-state index is 11.6. The van der Waals surface area contributed by atoms with E-state index in [1.54, 1.807) is 0 Å². The average Bonchev–Trinajstić information content (AvgIpc) is 3.24. The average molecular weight is 457 g/mol. The van der Waals surface area contributed by atoms with Gasteiger partial charge < -0.3 is 20.7 Å². The molecular formula is C24H29ClN4O3. The van der Waals surface area contributed by atoms with Crippen molar-refractivity contribution in [1.29, 1.82) is 5.26 Å². The number of halogens is 1. The van der Waals surface area contributed by atoms with Crippen LogP contribution < -0.4 is 26.6 Å². The van der Waals surface area contributed by atoms with Gasteiger partial charge >= 0.3 is 0 Å². The predicted octanol–water partition coefficient (Wildman–Crippen LogP) is 2.63. The van der Waals surface area contributed by atoms with E-state index in [9.17, 15) is 14.9 Å². The van der Waals surface area contributed by atoms with Crippen LogP contribution >= 0.6 is 12.4 Å². The summed E-state index contributed by atoms with van der Waals surface area (Å²) in [6.07, 6.45) is 5.45. The minimum atomic E-state index is -0.556. The van der Waals surface area contributed by atoms with Crippen LogP contribution in [0.25, 0.3) is 0 Å². The van der Waals surface area contributed by atoms with Gasteiger partial charge in [0.1, 0.15) is 17.1 Å². The third-order valence-electron chi connectivity index (χ3n) is 7.50. The molecule has 32 heavy (non-hydrogen) atoms. The molecule has 1 saturated carbocycles. The zero-order valence-electron chi connectivity index (χ0n) is 18.0. The second-order valence-electron chi connectivity index (χ2n) is 9.40. The van der Waals surface area contributed by atoms with E-state index in [4.69, 9.17) is 10.5 Å². The second-order valence-corrected chi connectivity index (χ2v) is 9.40. The Morgan fingerprint density at radius 3 is 2.66 bits per heavy atom. The summed E-state index contributed by atoms with van der Waals surface area (Å²) >= 11 is 0. The number of nitrogens with zero attached hydrogens (tertiary/aromatic N) is 2. The standard InChI is InChI=1S/C24H28N4O3.ClH/c25-10-15-3-6-20-18(9-15)19-12-28(11-16(19)13-31-20)8-7-14-1-4-17(5-2-14)27-22-21(26)23(29)24(22)30;/h3,6,9,14,16-17,19,27H,1-2,4-5,7-8,11-13,26H2;1H/t14?,16-,17?,19+;/m0./s1. The molecule has 2 heterocycles. The summed E-state index contributed by atoms with van der Waals surface area (Å²) in [6, 6.07) is 8.26. The molecular weight excluding hydrogens is 428 g/mol. The van der Waals surface area contributed by atoms with Crippen molar-refractivity contribution in [2.75, 3.05) is 37.3 Å². The van der Waals surface area contributed by atoms with E-state index in [0.29, 0.717) is 29.0 Å². The molecule has 2 aromatic rings. The van der Waals surface area contributed by atoms with Crippen LogP contribution in [0.5, 0.6) is 5.75 Å². The number of nitrogens with one attached hydrogen (secondary N) is 1. The first-order valence-corrected chi connectivity index (χ1v) is 11.3. The van der Waals surface area contributed by atoms with Crippen LogP contribution in [0.3, 0.4) is 0 Å². The minimum absolute atomic E-state index is 0. The quantitative estimate of drug-likeness (QED) is 0.665. The van der Waals surface area contributed by atoms with E-state index in [2.05, 4.69) is 16.3 Å². The van der Waals surface area contributed by atoms with Crippen molar-refractivity contribution in [2.45, 2.75) is 44.1 Å². The molecule has 0 radical (unpaired) electrons. The van der Waals surface area contributed by atoms with Gasteiger partial charge in [0.25, 0.3) is 10.9 Å². The molecule has 0 bridgehead atoms. The lowest BCUT2D eigenvalue weighted by molar-refractivity contribution is 0.209. The fourth-order valence-corrected chi connectivity index (χ4v) is 5.62. The first-order chi connectivity index (χ1) is 15.0. The van der Waals surface area contributed by atoms with Gasteiger partial charge in [0.15, 0.2) is 0 Å². The first kappa shape index (κ1) is 22.6. The highest BCUT2D eigenvalue weighted by atomic mass is 35.5. The molecule has 3 N–H and O–H groups in total. The predicted molar refractivity (Wildman–Crippen MR) is 126 cm³/mol. The van der Waals surface area contributed by atoms with E-state index in [0.717, 1.165) is 57.7 Å². The Kier molecular flexibility index (Phi) is 6.45. The van der Waals surface area contributed by atoms with Crippen LogP contribution in [0.1, 0.15) is 49.1 Å². The maximum atomic E-state index is 11.6. The van der Waals surface area contributed by atoms with E-state index in [-0.39, 0.29) is 24.1 Å². The van der Waals surface area contributed by atoms with Crippen molar-refractivity contribution in [1.82, 2.24) is 4.90 Å². The number of nitriles is 1. The molecule has 0 amide bonds. The van der Waals surface area contributed by atoms with Crippen LogP contribution in [0.4, 0.5) is 11.4 Å².